The maximum atomic E-state index is 5.80. The molecular weight excluding hydrogens is 194 g/mol. The summed E-state index contributed by atoms with van der Waals surface area (Å²) < 4.78 is 11.1. The van der Waals surface area contributed by atoms with Crippen molar-refractivity contribution in [2.75, 3.05) is 6.61 Å². The van der Waals surface area contributed by atoms with Crippen LogP contribution < -0.4 is 5.73 Å². The maximum absolute atomic E-state index is 5.80. The van der Waals surface area contributed by atoms with E-state index < -0.39 is 0 Å². The lowest BCUT2D eigenvalue weighted by molar-refractivity contribution is -0.00230. The second kappa shape index (κ2) is 4.72. The molecule has 1 fully saturated rings. The molecule has 5 heteroatoms. The van der Waals surface area contributed by atoms with Gasteiger partial charge in [-0.25, -0.2) is 0 Å². The van der Waals surface area contributed by atoms with Crippen LogP contribution in [0.25, 0.3) is 0 Å². The quantitative estimate of drug-likeness (QED) is 0.824. The first-order valence-corrected chi connectivity index (χ1v) is 5.51. The van der Waals surface area contributed by atoms with Gasteiger partial charge < -0.3 is 14.9 Å². The Bertz CT molecular complexity index is 307. The number of hydrogen-bond donors (Lipinski definition) is 1. The Kier molecular flexibility index (Phi) is 3.33. The van der Waals surface area contributed by atoms with Crippen molar-refractivity contribution in [3.63, 3.8) is 0 Å². The number of hydrogen-bond acceptors (Lipinski definition) is 5. The molecule has 15 heavy (non-hydrogen) atoms. The van der Waals surface area contributed by atoms with Crippen LogP contribution in [0.1, 0.15) is 56.5 Å². The highest BCUT2D eigenvalue weighted by Crippen LogP contribution is 2.27. The third kappa shape index (κ3) is 2.35. The van der Waals surface area contributed by atoms with Crippen molar-refractivity contribution >= 4 is 0 Å². The topological polar surface area (TPSA) is 74.2 Å². The molecule has 1 aliphatic heterocycles. The van der Waals surface area contributed by atoms with Crippen LogP contribution >= 0.6 is 0 Å². The molecule has 0 aromatic carbocycles. The summed E-state index contributed by atoms with van der Waals surface area (Å²) in [4.78, 5) is 0. The van der Waals surface area contributed by atoms with Gasteiger partial charge in [0.25, 0.3) is 0 Å². The van der Waals surface area contributed by atoms with Crippen molar-refractivity contribution < 1.29 is 9.15 Å². The fraction of sp³-hybridized carbons (Fsp3) is 0.800. The molecule has 0 amide bonds. The summed E-state index contributed by atoms with van der Waals surface area (Å²) in [5.41, 5.74) is 5.80. The van der Waals surface area contributed by atoms with Gasteiger partial charge in [-0.3, -0.25) is 0 Å². The lowest BCUT2D eigenvalue weighted by Gasteiger charge is -2.18. The van der Waals surface area contributed by atoms with Gasteiger partial charge in [-0.15, -0.1) is 10.2 Å². The van der Waals surface area contributed by atoms with Crippen LogP contribution in [0.3, 0.4) is 0 Å². The van der Waals surface area contributed by atoms with E-state index in [1.54, 1.807) is 0 Å². The largest absolute Gasteiger partial charge is 0.421 e. The van der Waals surface area contributed by atoms with Crippen LogP contribution in [0.15, 0.2) is 4.42 Å². The summed E-state index contributed by atoms with van der Waals surface area (Å²) in [5.74, 6) is 1.09. The van der Waals surface area contributed by atoms with E-state index in [9.17, 15) is 0 Å². The van der Waals surface area contributed by atoms with Crippen LogP contribution in [0.2, 0.25) is 0 Å². The summed E-state index contributed by atoms with van der Waals surface area (Å²) in [6.07, 6.45) is 4.01. The Balaban J connectivity index is 2.05. The van der Waals surface area contributed by atoms with Gasteiger partial charge in [0.2, 0.25) is 11.8 Å². The molecule has 1 aromatic heterocycles. The van der Waals surface area contributed by atoms with Crippen LogP contribution in [0.4, 0.5) is 0 Å². The van der Waals surface area contributed by atoms with Crippen LogP contribution in [0.5, 0.6) is 0 Å². The molecule has 2 unspecified atom stereocenters. The van der Waals surface area contributed by atoms with Crippen LogP contribution in [-0.4, -0.2) is 16.8 Å². The van der Waals surface area contributed by atoms with E-state index >= 15 is 0 Å². The van der Waals surface area contributed by atoms with E-state index in [-0.39, 0.29) is 12.1 Å². The van der Waals surface area contributed by atoms with Crippen molar-refractivity contribution in [1.29, 1.82) is 0 Å². The van der Waals surface area contributed by atoms with E-state index in [1.165, 1.54) is 0 Å². The highest BCUT2D eigenvalue weighted by atomic mass is 16.5. The molecule has 84 valence electrons. The Morgan fingerprint density at radius 3 is 3.00 bits per heavy atom. The van der Waals surface area contributed by atoms with Crippen molar-refractivity contribution in [2.45, 2.75) is 44.8 Å². The smallest absolute Gasteiger partial charge is 0.245 e. The van der Waals surface area contributed by atoms with Crippen molar-refractivity contribution in [3.05, 3.63) is 11.8 Å². The van der Waals surface area contributed by atoms with Gasteiger partial charge in [0.1, 0.15) is 6.10 Å². The Labute approximate surface area is 89.0 Å². The molecule has 2 rings (SSSR count). The Morgan fingerprint density at radius 2 is 2.33 bits per heavy atom. The minimum atomic E-state index is -0.158. The fourth-order valence-electron chi connectivity index (χ4n) is 1.64. The van der Waals surface area contributed by atoms with Crippen LogP contribution in [0, 0.1) is 0 Å². The standard InChI is InChI=1S/C10H17N3O2/c1-2-7(11)9-12-13-10(15-9)8-5-3-4-6-14-8/h7-8H,2-6,11H2,1H3. The highest BCUT2D eigenvalue weighted by molar-refractivity contribution is 4.91. The predicted molar refractivity (Wildman–Crippen MR) is 54.1 cm³/mol. The first-order chi connectivity index (χ1) is 7.31. The van der Waals surface area contributed by atoms with Gasteiger partial charge in [-0.05, 0) is 25.7 Å². The number of rotatable bonds is 3. The summed E-state index contributed by atoms with van der Waals surface area (Å²) in [6, 6.07) is -0.158. The third-order valence-electron chi connectivity index (χ3n) is 2.67. The number of ether oxygens (including phenoxy) is 1. The van der Waals surface area contributed by atoms with Gasteiger partial charge in [0, 0.05) is 6.61 Å². The van der Waals surface area contributed by atoms with E-state index in [2.05, 4.69) is 10.2 Å². The second-order valence-electron chi connectivity index (χ2n) is 3.85. The van der Waals surface area contributed by atoms with Gasteiger partial charge in [-0.2, -0.15) is 0 Å². The molecule has 2 heterocycles. The Hall–Kier alpha value is -0.940. The minimum absolute atomic E-state index is 0.0240. The average molecular weight is 211 g/mol. The number of aromatic nitrogens is 2. The molecular formula is C10H17N3O2. The lowest BCUT2D eigenvalue weighted by Crippen LogP contribution is -2.11. The monoisotopic (exact) mass is 211 g/mol. The molecule has 0 saturated carbocycles. The highest BCUT2D eigenvalue weighted by Gasteiger charge is 2.23. The van der Waals surface area contributed by atoms with Crippen molar-refractivity contribution in [2.24, 2.45) is 5.73 Å². The molecule has 1 aliphatic rings. The first-order valence-electron chi connectivity index (χ1n) is 5.51. The summed E-state index contributed by atoms with van der Waals surface area (Å²) in [6.45, 7) is 2.77. The first kappa shape index (κ1) is 10.6. The fourth-order valence-corrected chi connectivity index (χ4v) is 1.64. The molecule has 5 nitrogen and oxygen atoms in total. The molecule has 0 aliphatic carbocycles. The molecule has 0 bridgehead atoms. The van der Waals surface area contributed by atoms with E-state index in [1.807, 2.05) is 6.92 Å². The zero-order chi connectivity index (χ0) is 10.7. The Morgan fingerprint density at radius 1 is 1.47 bits per heavy atom. The zero-order valence-corrected chi connectivity index (χ0v) is 8.98. The summed E-state index contributed by atoms with van der Waals surface area (Å²) >= 11 is 0. The predicted octanol–water partition coefficient (Wildman–Crippen LogP) is 1.72. The van der Waals surface area contributed by atoms with Gasteiger partial charge in [-0.1, -0.05) is 6.92 Å². The summed E-state index contributed by atoms with van der Waals surface area (Å²) in [7, 11) is 0. The number of nitrogens with two attached hydrogens (primary N) is 1. The molecule has 2 atom stereocenters. The maximum Gasteiger partial charge on any atom is 0.245 e. The second-order valence-corrected chi connectivity index (χ2v) is 3.85. The summed E-state index contributed by atoms with van der Waals surface area (Å²) in [5, 5.41) is 7.93. The molecule has 1 aromatic rings. The minimum Gasteiger partial charge on any atom is -0.421 e. The zero-order valence-electron chi connectivity index (χ0n) is 8.98. The van der Waals surface area contributed by atoms with Crippen LogP contribution in [-0.2, 0) is 4.74 Å². The van der Waals surface area contributed by atoms with E-state index in [0.717, 1.165) is 32.3 Å². The van der Waals surface area contributed by atoms with Gasteiger partial charge in [0.15, 0.2) is 0 Å². The van der Waals surface area contributed by atoms with Crippen molar-refractivity contribution in [1.82, 2.24) is 10.2 Å². The average Bonchev–Trinajstić information content (AvgIpc) is 2.78. The molecule has 0 spiro atoms. The lowest BCUT2D eigenvalue weighted by atomic mass is 10.1. The van der Waals surface area contributed by atoms with Gasteiger partial charge in [0.05, 0.1) is 6.04 Å². The van der Waals surface area contributed by atoms with Gasteiger partial charge >= 0.3 is 0 Å². The molecule has 2 N–H and O–H groups in total. The van der Waals surface area contributed by atoms with E-state index in [4.69, 9.17) is 14.9 Å². The third-order valence-corrected chi connectivity index (χ3v) is 2.67. The normalized spacial score (nSPS) is 24.0. The number of nitrogens with zero attached hydrogens (tertiary/aromatic N) is 2. The molecule has 0 radical (unpaired) electrons. The van der Waals surface area contributed by atoms with Crippen molar-refractivity contribution in [3.8, 4) is 0 Å². The molecule has 1 saturated heterocycles. The van der Waals surface area contributed by atoms with E-state index in [0.29, 0.717) is 11.8 Å². The SMILES string of the molecule is CCC(N)c1nnc(C2CCCCO2)o1.